The molecule has 0 heterocycles. The van der Waals surface area contributed by atoms with Crippen molar-refractivity contribution in [2.24, 2.45) is 17.2 Å². The first-order valence-corrected chi connectivity index (χ1v) is 18.5. The molecule has 0 aromatic heterocycles. The average molecular weight is 806 g/mol. The fourth-order valence-electron chi connectivity index (χ4n) is 3.98. The molecule has 0 saturated heterocycles. The zero-order chi connectivity index (χ0) is 41.4. The van der Waals surface area contributed by atoms with E-state index in [1.165, 1.54) is 24.8 Å². The monoisotopic (exact) mass is 806 g/mol. The van der Waals surface area contributed by atoms with Crippen LogP contribution in [0.4, 0.5) is 9.59 Å². The van der Waals surface area contributed by atoms with E-state index in [4.69, 9.17) is 28.0 Å². The molecule has 0 unspecified atom stereocenters. The third-order valence-corrected chi connectivity index (χ3v) is 6.68. The summed E-state index contributed by atoms with van der Waals surface area (Å²) in [5.41, 5.74) is 22.3. The first kappa shape index (κ1) is 63.0. The van der Waals surface area contributed by atoms with Gasteiger partial charge in [-0.1, -0.05) is 128 Å². The van der Waals surface area contributed by atoms with Gasteiger partial charge in [-0.3, -0.25) is 0 Å². The van der Waals surface area contributed by atoms with E-state index in [9.17, 15) is 14.4 Å². The van der Waals surface area contributed by atoms with Crippen LogP contribution in [0, 0.1) is 0 Å². The zero-order valence-corrected chi connectivity index (χ0v) is 37.6. The predicted octanol–water partition coefficient (Wildman–Crippen LogP) is 6.85. The Hall–Kier alpha value is -3.19. The maximum atomic E-state index is 11.5. The normalized spacial score (nSPS) is 9.72. The Balaban J connectivity index is -0.000000126. The van der Waals surface area contributed by atoms with Gasteiger partial charge in [-0.2, -0.15) is 0 Å². The number of nitrogens with one attached hydrogen (secondary N) is 2. The Labute approximate surface area is 375 Å². The summed E-state index contributed by atoms with van der Waals surface area (Å²) in [7, 11) is 0. The molecule has 0 bridgehead atoms. The van der Waals surface area contributed by atoms with Crippen LogP contribution in [0.3, 0.4) is 0 Å². The van der Waals surface area contributed by atoms with Crippen LogP contribution in [0.5, 0.6) is 0 Å². The van der Waals surface area contributed by atoms with E-state index in [2.05, 4.69) is 41.8 Å². The van der Waals surface area contributed by atoms with Crippen LogP contribution in [-0.4, -0.2) is 38.1 Å². The Morgan fingerprint density at radius 1 is 0.649 bits per heavy atom. The number of carbonyl (C=O) groups excluding carboxylic acids is 3. The smallest absolute Gasteiger partial charge is 1.00 e. The first-order valence-electron chi connectivity index (χ1n) is 19.2. The molecule has 0 fully saturated rings. The largest absolute Gasteiger partial charge is 1.00 e. The van der Waals surface area contributed by atoms with Crippen molar-refractivity contribution in [1.29, 1.82) is 0 Å². The molecule has 0 aliphatic heterocycles. The Bertz CT molecular complexity index is 1370. The van der Waals surface area contributed by atoms with Gasteiger partial charge >= 0.3 is 41.7 Å². The van der Waals surface area contributed by atoms with Crippen molar-refractivity contribution in [3.8, 4) is 0 Å². The molecule has 0 aliphatic rings. The van der Waals surface area contributed by atoms with Crippen LogP contribution in [-0.2, 0) is 53.4 Å². The van der Waals surface area contributed by atoms with Gasteiger partial charge in [-0.15, -0.1) is 0 Å². The molecule has 10 nitrogen and oxygen atoms in total. The number of benzene rings is 3. The van der Waals surface area contributed by atoms with E-state index < -0.39 is 17.3 Å². The zero-order valence-electron chi connectivity index (χ0n) is 37.6. The second-order valence-corrected chi connectivity index (χ2v) is 13.8. The molecule has 319 valence electrons. The molecule has 3 radical (unpaired) electrons. The number of carbonyl (C=O) groups is 3. The molecule has 0 spiro atoms. The molecule has 12 heteroatoms. The summed E-state index contributed by atoms with van der Waals surface area (Å²) in [6.07, 6.45) is 5.64. The van der Waals surface area contributed by atoms with Crippen LogP contribution in [0.2, 0.25) is 0 Å². The van der Waals surface area contributed by atoms with E-state index in [0.29, 0.717) is 46.0 Å². The number of aldehydes is 1. The number of aryl methyl sites for hydroxylation is 1. The minimum Gasteiger partial charge on any atom is -1.00 e. The van der Waals surface area contributed by atoms with Gasteiger partial charge in [-0.05, 0) is 87.8 Å². The Morgan fingerprint density at radius 2 is 0.912 bits per heavy atom. The van der Waals surface area contributed by atoms with Crippen molar-refractivity contribution in [1.82, 2.24) is 10.6 Å². The van der Waals surface area contributed by atoms with E-state index in [1.54, 1.807) is 6.92 Å². The molecule has 0 aliphatic carbocycles. The maximum Gasteiger partial charge on any atom is 1.00 e. The number of rotatable bonds is 12. The van der Waals surface area contributed by atoms with Crippen LogP contribution in [0.1, 0.15) is 146 Å². The SMILES string of the molecule is C.C.CC(C)(C)OC(=O)NCc1ccc(CN)cc1.CCC=O.CCCCCc1ccc(CNC(=O)OC(C)(C)C)cc1.NCc1ccc(CN)cc1.[2H]CC.[B].[H-].[Na+]. The summed E-state index contributed by atoms with van der Waals surface area (Å²) in [6.45, 7) is 20.1. The fourth-order valence-corrected chi connectivity index (χ4v) is 3.98. The number of alkyl carbamates (subject to hydrolysis) is 2. The summed E-state index contributed by atoms with van der Waals surface area (Å²) >= 11 is 0. The molecule has 3 aromatic rings. The fraction of sp³-hybridized carbons (Fsp3) is 0.533. The van der Waals surface area contributed by atoms with Gasteiger partial charge in [0.05, 0.1) is 0 Å². The van der Waals surface area contributed by atoms with Crippen molar-refractivity contribution in [3.63, 3.8) is 0 Å². The first-order chi connectivity index (χ1) is 25.5. The van der Waals surface area contributed by atoms with Gasteiger partial charge in [0.2, 0.25) is 0 Å². The van der Waals surface area contributed by atoms with Gasteiger partial charge in [0.1, 0.15) is 17.5 Å². The van der Waals surface area contributed by atoms with Gasteiger partial charge in [-0.25, -0.2) is 9.59 Å². The van der Waals surface area contributed by atoms with Crippen LogP contribution >= 0.6 is 0 Å². The van der Waals surface area contributed by atoms with E-state index >= 15 is 0 Å². The molecular formula is C45H80BN5NaO5. The third kappa shape index (κ3) is 39.4. The quantitative estimate of drug-likeness (QED) is 0.0752. The van der Waals surface area contributed by atoms with Gasteiger partial charge < -0.3 is 43.5 Å². The number of hydrogen-bond acceptors (Lipinski definition) is 8. The van der Waals surface area contributed by atoms with Crippen LogP contribution < -0.4 is 57.4 Å². The summed E-state index contributed by atoms with van der Waals surface area (Å²) in [5.74, 6) is 0. The van der Waals surface area contributed by atoms with Crippen LogP contribution in [0.25, 0.3) is 0 Å². The van der Waals surface area contributed by atoms with E-state index in [-0.39, 0.29) is 60.3 Å². The standard InChI is InChI=1S/C17H27NO2.C13H20N2O2.C8H12N2.C3H6O.C2H6.2CH4.B.Na.H/c1-5-6-7-8-14-9-11-15(12-10-14)13-18-16(19)20-17(2,3)4;1-13(2,3)17-12(16)15-9-11-6-4-10(8-14)5-7-11;9-5-7-1-2-8(6-10)4-3-7;1-2-3-4;1-2;;;;;/h9-12H,5-8,13H2,1-4H3,(H,18,19);4-7H,8-9,14H2,1-3H3,(H,15,16);1-4H,5-6,9-10H2;3H,2H2,1H3;1-2H3;2*1H4;;;/q;;;;;;;;+1;-1/i;;;;1D;;;;;. The molecule has 57 heavy (non-hydrogen) atoms. The number of hydrogen-bond donors (Lipinski definition) is 5. The van der Waals surface area contributed by atoms with Crippen molar-refractivity contribution in [2.75, 3.05) is 0 Å². The summed E-state index contributed by atoms with van der Waals surface area (Å²) in [5, 5.41) is 5.47. The van der Waals surface area contributed by atoms with Crippen molar-refractivity contribution in [2.45, 2.75) is 160 Å². The molecule has 0 atom stereocenters. The molecular weight excluding hydrogens is 724 g/mol. The Morgan fingerprint density at radius 3 is 1.14 bits per heavy atom. The maximum absolute atomic E-state index is 11.5. The molecule has 2 amide bonds. The molecule has 3 aromatic carbocycles. The number of ether oxygens (including phenoxy) is 2. The van der Waals surface area contributed by atoms with Gasteiger partial charge in [0.15, 0.2) is 0 Å². The molecule has 8 N–H and O–H groups in total. The second kappa shape index (κ2) is 39.6. The van der Waals surface area contributed by atoms with E-state index in [1.807, 2.05) is 97.0 Å². The molecule has 0 saturated carbocycles. The number of unbranched alkanes of at least 4 members (excludes halogenated alkanes) is 2. The summed E-state index contributed by atoms with van der Waals surface area (Å²) in [4.78, 5) is 32.1. The second-order valence-electron chi connectivity index (χ2n) is 13.8. The van der Waals surface area contributed by atoms with Crippen molar-refractivity contribution >= 4 is 26.9 Å². The minimum absolute atomic E-state index is 0. The Kier molecular flexibility index (Phi) is 43.8. The van der Waals surface area contributed by atoms with Gasteiger partial charge in [0, 0.05) is 48.9 Å². The van der Waals surface area contributed by atoms with Crippen LogP contribution in [0.15, 0.2) is 72.8 Å². The third-order valence-electron chi connectivity index (χ3n) is 6.68. The number of amides is 2. The van der Waals surface area contributed by atoms with Gasteiger partial charge in [0.25, 0.3) is 0 Å². The van der Waals surface area contributed by atoms with Crippen molar-refractivity contribution < 1.29 is 56.2 Å². The van der Waals surface area contributed by atoms with E-state index in [0.717, 1.165) is 40.5 Å². The average Bonchev–Trinajstić information content (AvgIpc) is 3.13. The number of nitrogens with two attached hydrogens (primary N) is 3. The minimum atomic E-state index is -0.465. The topological polar surface area (TPSA) is 172 Å². The summed E-state index contributed by atoms with van der Waals surface area (Å²) in [6, 6.07) is 24.2. The van der Waals surface area contributed by atoms with Crippen molar-refractivity contribution in [3.05, 3.63) is 106 Å². The molecule has 3 rings (SSSR count). The predicted molar refractivity (Wildman–Crippen MR) is 240 cm³/mol. The summed E-state index contributed by atoms with van der Waals surface area (Å²) < 4.78 is 16.5.